The summed E-state index contributed by atoms with van der Waals surface area (Å²) in [5, 5.41) is 0. The van der Waals surface area contributed by atoms with Crippen LogP contribution in [-0.2, 0) is 21.4 Å². The molecule has 1 fully saturated rings. The van der Waals surface area contributed by atoms with Crippen molar-refractivity contribution in [3.63, 3.8) is 0 Å². The second kappa shape index (κ2) is 6.03. The predicted molar refractivity (Wildman–Crippen MR) is 74.5 cm³/mol. The van der Waals surface area contributed by atoms with Crippen molar-refractivity contribution in [1.29, 1.82) is 0 Å². The smallest absolute Gasteiger partial charge is 0.337 e. The number of sulfonamides is 1. The summed E-state index contributed by atoms with van der Waals surface area (Å²) in [6.07, 6.45) is 1.18. The molecular formula is C11H14F3N3O3S2. The van der Waals surface area contributed by atoms with E-state index in [1.807, 2.05) is 6.92 Å². The summed E-state index contributed by atoms with van der Waals surface area (Å²) in [5.74, 6) is -0.209. The van der Waals surface area contributed by atoms with Gasteiger partial charge in [0.25, 0.3) is 0 Å². The number of halogens is 3. The lowest BCUT2D eigenvalue weighted by molar-refractivity contribution is -0.135. The van der Waals surface area contributed by atoms with E-state index in [0.29, 0.717) is 13.0 Å². The first-order chi connectivity index (χ1) is 10.1. The van der Waals surface area contributed by atoms with Gasteiger partial charge in [0.2, 0.25) is 5.91 Å². The molecule has 6 nitrogen and oxygen atoms in total. The molecule has 1 unspecified atom stereocenters. The zero-order valence-corrected chi connectivity index (χ0v) is 13.2. The first kappa shape index (κ1) is 17.0. The third kappa shape index (κ3) is 3.69. The number of hydrogen-bond donors (Lipinski definition) is 1. The molecule has 22 heavy (non-hydrogen) atoms. The van der Waals surface area contributed by atoms with Crippen molar-refractivity contribution in [1.82, 2.24) is 9.88 Å². The number of alkyl halides is 3. The van der Waals surface area contributed by atoms with Crippen LogP contribution < -0.4 is 4.72 Å². The molecule has 1 aromatic heterocycles. The van der Waals surface area contributed by atoms with E-state index < -0.39 is 15.5 Å². The SMILES string of the molecule is CC1CCN(Cc2scnc2NS(=O)(=O)C(F)(F)F)C(=O)C1. The number of thiazole rings is 1. The van der Waals surface area contributed by atoms with Gasteiger partial charge in [-0.1, -0.05) is 6.92 Å². The highest BCUT2D eigenvalue weighted by atomic mass is 32.2. The zero-order chi connectivity index (χ0) is 16.5. The van der Waals surface area contributed by atoms with Crippen LogP contribution >= 0.6 is 11.3 Å². The minimum absolute atomic E-state index is 0.0476. The molecular weight excluding hydrogens is 343 g/mol. The van der Waals surface area contributed by atoms with Gasteiger partial charge in [0.1, 0.15) is 0 Å². The Balaban J connectivity index is 2.12. The van der Waals surface area contributed by atoms with Crippen LogP contribution in [0, 0.1) is 5.92 Å². The summed E-state index contributed by atoms with van der Waals surface area (Å²) in [6.45, 7) is 2.49. The Labute approximate surface area is 129 Å². The van der Waals surface area contributed by atoms with E-state index in [2.05, 4.69) is 4.98 Å². The van der Waals surface area contributed by atoms with Crippen molar-refractivity contribution >= 4 is 33.1 Å². The lowest BCUT2D eigenvalue weighted by Crippen LogP contribution is -2.37. The number of likely N-dealkylation sites (tertiary alicyclic amines) is 1. The summed E-state index contributed by atoms with van der Waals surface area (Å²) >= 11 is 0.998. The number of nitrogens with one attached hydrogen (secondary N) is 1. The number of piperidine rings is 1. The average Bonchev–Trinajstić information content (AvgIpc) is 2.78. The minimum atomic E-state index is -5.52. The zero-order valence-electron chi connectivity index (χ0n) is 11.6. The lowest BCUT2D eigenvalue weighted by Gasteiger charge is -2.29. The van der Waals surface area contributed by atoms with Gasteiger partial charge in [0.15, 0.2) is 5.82 Å². The van der Waals surface area contributed by atoms with Gasteiger partial charge in [-0.05, 0) is 12.3 Å². The summed E-state index contributed by atoms with van der Waals surface area (Å²) in [4.78, 5) is 17.3. The highest BCUT2D eigenvalue weighted by molar-refractivity contribution is 7.93. The molecule has 1 amide bonds. The largest absolute Gasteiger partial charge is 0.516 e. The Morgan fingerprint density at radius 3 is 2.77 bits per heavy atom. The monoisotopic (exact) mass is 357 g/mol. The molecule has 1 atom stereocenters. The second-order valence-corrected chi connectivity index (χ2v) is 7.70. The fraction of sp³-hybridized carbons (Fsp3) is 0.636. The maximum Gasteiger partial charge on any atom is 0.516 e. The van der Waals surface area contributed by atoms with Crippen LogP contribution in [0.2, 0.25) is 0 Å². The number of carbonyl (C=O) groups is 1. The fourth-order valence-corrected chi connectivity index (χ4v) is 3.36. The maximum atomic E-state index is 12.4. The van der Waals surface area contributed by atoms with Gasteiger partial charge in [-0.15, -0.1) is 11.3 Å². The average molecular weight is 357 g/mol. The van der Waals surface area contributed by atoms with E-state index in [1.165, 1.54) is 15.1 Å². The van der Waals surface area contributed by atoms with Crippen LogP contribution in [0.3, 0.4) is 0 Å². The van der Waals surface area contributed by atoms with E-state index in [4.69, 9.17) is 0 Å². The molecule has 0 bridgehead atoms. The van der Waals surface area contributed by atoms with Gasteiger partial charge in [-0.3, -0.25) is 9.52 Å². The summed E-state index contributed by atoms with van der Waals surface area (Å²) < 4.78 is 60.8. The van der Waals surface area contributed by atoms with Gasteiger partial charge in [-0.2, -0.15) is 21.6 Å². The molecule has 2 rings (SSSR count). The van der Waals surface area contributed by atoms with E-state index in [0.717, 1.165) is 17.8 Å². The van der Waals surface area contributed by atoms with Crippen LogP contribution in [0.4, 0.5) is 19.0 Å². The molecule has 0 spiro atoms. The molecule has 0 aliphatic carbocycles. The van der Waals surface area contributed by atoms with Crippen LogP contribution in [0.25, 0.3) is 0 Å². The summed E-state index contributed by atoms with van der Waals surface area (Å²) in [6, 6.07) is 0. The topological polar surface area (TPSA) is 79.4 Å². The van der Waals surface area contributed by atoms with Crippen molar-refractivity contribution < 1.29 is 26.4 Å². The number of amides is 1. The number of hydrogen-bond acceptors (Lipinski definition) is 5. The molecule has 0 saturated carbocycles. The van der Waals surface area contributed by atoms with Gasteiger partial charge in [0.05, 0.1) is 16.9 Å². The first-order valence-corrected chi connectivity index (χ1v) is 8.75. The molecule has 1 aliphatic rings. The normalized spacial score (nSPS) is 20.3. The Morgan fingerprint density at radius 1 is 1.50 bits per heavy atom. The van der Waals surface area contributed by atoms with Gasteiger partial charge in [-0.25, -0.2) is 4.98 Å². The van der Waals surface area contributed by atoms with Crippen LogP contribution in [0.5, 0.6) is 0 Å². The fourth-order valence-electron chi connectivity index (χ4n) is 2.02. The highest BCUT2D eigenvalue weighted by Gasteiger charge is 2.46. The third-order valence-electron chi connectivity index (χ3n) is 3.28. The molecule has 0 aromatic carbocycles. The van der Waals surface area contributed by atoms with Crippen molar-refractivity contribution in [2.75, 3.05) is 11.3 Å². The Bertz CT molecular complexity index is 657. The van der Waals surface area contributed by atoms with E-state index in [9.17, 15) is 26.4 Å². The number of anilines is 1. The second-order valence-electron chi connectivity index (χ2n) is 5.09. The quantitative estimate of drug-likeness (QED) is 0.896. The Morgan fingerprint density at radius 2 is 2.18 bits per heavy atom. The predicted octanol–water partition coefficient (Wildman–Crippen LogP) is 2.16. The van der Waals surface area contributed by atoms with Crippen molar-refractivity contribution in [2.45, 2.75) is 31.8 Å². The number of carbonyl (C=O) groups excluding carboxylic acids is 1. The van der Waals surface area contributed by atoms with Gasteiger partial charge in [0, 0.05) is 13.0 Å². The minimum Gasteiger partial charge on any atom is -0.337 e. The third-order valence-corrected chi connectivity index (χ3v) is 5.17. The van der Waals surface area contributed by atoms with Crippen LogP contribution in [0.1, 0.15) is 24.6 Å². The van der Waals surface area contributed by atoms with Gasteiger partial charge < -0.3 is 4.90 Å². The van der Waals surface area contributed by atoms with Crippen molar-refractivity contribution in [3.05, 3.63) is 10.4 Å². The van der Waals surface area contributed by atoms with Crippen LogP contribution in [-0.4, -0.2) is 36.3 Å². The molecule has 1 aromatic rings. The van der Waals surface area contributed by atoms with E-state index in [-0.39, 0.29) is 29.1 Å². The van der Waals surface area contributed by atoms with Gasteiger partial charge >= 0.3 is 15.5 Å². The highest BCUT2D eigenvalue weighted by Crippen LogP contribution is 2.29. The number of rotatable bonds is 4. The first-order valence-electron chi connectivity index (χ1n) is 6.39. The Kier molecular flexibility index (Phi) is 4.66. The molecule has 124 valence electrons. The standard InChI is InChI=1S/C11H14F3N3O3S2/c1-7-2-3-17(9(18)4-7)5-8-10(15-6-21-8)16-22(19,20)11(12,13)14/h6-7,16H,2-5H2,1H3. The van der Waals surface area contributed by atoms with Crippen molar-refractivity contribution in [2.24, 2.45) is 5.92 Å². The van der Waals surface area contributed by atoms with Crippen LogP contribution in [0.15, 0.2) is 5.51 Å². The molecule has 11 heteroatoms. The lowest BCUT2D eigenvalue weighted by atomic mass is 9.98. The van der Waals surface area contributed by atoms with E-state index >= 15 is 0 Å². The summed E-state index contributed by atoms with van der Waals surface area (Å²) in [7, 11) is -5.52. The number of nitrogens with zero attached hydrogens (tertiary/aromatic N) is 2. The molecule has 1 aliphatic heterocycles. The van der Waals surface area contributed by atoms with Crippen molar-refractivity contribution in [3.8, 4) is 0 Å². The summed E-state index contributed by atoms with van der Waals surface area (Å²) in [5.41, 5.74) is -4.18. The number of aromatic nitrogens is 1. The molecule has 2 heterocycles. The molecule has 1 saturated heterocycles. The maximum absolute atomic E-state index is 12.4. The van der Waals surface area contributed by atoms with E-state index in [1.54, 1.807) is 0 Å². The molecule has 0 radical (unpaired) electrons. The Hall–Kier alpha value is -1.36. The molecule has 1 N–H and O–H groups in total.